The van der Waals surface area contributed by atoms with Crippen LogP contribution in [-0.4, -0.2) is 62.0 Å². The van der Waals surface area contributed by atoms with Gasteiger partial charge in [0.2, 0.25) is 5.91 Å². The number of hydrogen-bond donors (Lipinski definition) is 0. The molecule has 9 heteroatoms. The number of likely N-dealkylation sites (N-methyl/N-ethyl adjacent to an activating group) is 1. The molecule has 0 bridgehead atoms. The van der Waals surface area contributed by atoms with E-state index in [4.69, 9.17) is 25.8 Å². The molecule has 3 aromatic carbocycles. The predicted octanol–water partition coefficient (Wildman–Crippen LogP) is 6.03. The number of esters is 1. The summed E-state index contributed by atoms with van der Waals surface area (Å²) in [4.78, 5) is 43.2. The Morgan fingerprint density at radius 1 is 0.977 bits per heavy atom. The van der Waals surface area contributed by atoms with E-state index in [1.54, 1.807) is 81.3 Å². The average molecular weight is 605 g/mol. The van der Waals surface area contributed by atoms with Crippen LogP contribution in [-0.2, 0) is 27.3 Å². The average Bonchev–Trinajstić information content (AvgIpc) is 3.01. The molecule has 4 rings (SSSR count). The highest BCUT2D eigenvalue weighted by molar-refractivity contribution is 6.30. The minimum absolute atomic E-state index is 0.101. The van der Waals surface area contributed by atoms with Crippen LogP contribution in [0.3, 0.4) is 0 Å². The Morgan fingerprint density at radius 2 is 1.72 bits per heavy atom. The van der Waals surface area contributed by atoms with Crippen molar-refractivity contribution in [2.24, 2.45) is 0 Å². The molecule has 3 aromatic rings. The Hall–Kier alpha value is -4.30. The number of rotatable bonds is 11. The Morgan fingerprint density at radius 3 is 2.42 bits per heavy atom. The van der Waals surface area contributed by atoms with Gasteiger partial charge in [-0.05, 0) is 73.4 Å². The lowest BCUT2D eigenvalue weighted by Crippen LogP contribution is -2.38. The van der Waals surface area contributed by atoms with Crippen molar-refractivity contribution < 1.29 is 28.6 Å². The second-order valence-corrected chi connectivity index (χ2v) is 10.8. The van der Waals surface area contributed by atoms with Crippen LogP contribution >= 0.6 is 11.6 Å². The lowest BCUT2D eigenvalue weighted by molar-refractivity contribution is -0.140. The summed E-state index contributed by atoms with van der Waals surface area (Å²) in [5.41, 5.74) is 4.06. The van der Waals surface area contributed by atoms with Crippen LogP contribution < -0.4 is 9.47 Å². The summed E-state index contributed by atoms with van der Waals surface area (Å²) in [6.45, 7) is 4.44. The zero-order chi connectivity index (χ0) is 31.1. The first-order valence-corrected chi connectivity index (χ1v) is 14.5. The van der Waals surface area contributed by atoms with E-state index in [2.05, 4.69) is 0 Å². The second kappa shape index (κ2) is 14.2. The molecular weight excluding hydrogens is 568 g/mol. The zero-order valence-electron chi connectivity index (χ0n) is 25.2. The molecule has 1 atom stereocenters. The normalized spacial score (nSPS) is 14.9. The third-order valence-corrected chi connectivity index (χ3v) is 7.85. The van der Waals surface area contributed by atoms with Gasteiger partial charge < -0.3 is 24.0 Å². The molecule has 226 valence electrons. The summed E-state index contributed by atoms with van der Waals surface area (Å²) in [6, 6.07) is 20.1. The third kappa shape index (κ3) is 7.38. The number of carbonyl (C=O) groups excluding carboxylic acids is 3. The Balaban J connectivity index is 1.52. The Bertz CT molecular complexity index is 1530. The number of methoxy groups -OCH3 is 2. The molecule has 0 spiro atoms. The number of hydrogen-bond acceptors (Lipinski definition) is 6. The van der Waals surface area contributed by atoms with Gasteiger partial charge in [0, 0.05) is 42.2 Å². The van der Waals surface area contributed by atoms with E-state index in [1.165, 1.54) is 0 Å². The highest BCUT2D eigenvalue weighted by Crippen LogP contribution is 2.38. The van der Waals surface area contributed by atoms with Gasteiger partial charge in [0.15, 0.2) is 11.5 Å². The van der Waals surface area contributed by atoms with Crippen molar-refractivity contribution in [1.82, 2.24) is 9.80 Å². The number of ether oxygens (including phenoxy) is 3. The third-order valence-electron chi connectivity index (χ3n) is 7.61. The molecule has 0 saturated heterocycles. The molecule has 0 aliphatic carbocycles. The molecule has 1 unspecified atom stereocenters. The molecule has 0 radical (unpaired) electrons. The zero-order valence-corrected chi connectivity index (χ0v) is 25.9. The van der Waals surface area contributed by atoms with Gasteiger partial charge in [-0.1, -0.05) is 41.9 Å². The van der Waals surface area contributed by atoms with Gasteiger partial charge in [0.25, 0.3) is 5.91 Å². The summed E-state index contributed by atoms with van der Waals surface area (Å²) in [6.07, 6.45) is 0.738. The summed E-state index contributed by atoms with van der Waals surface area (Å²) < 4.78 is 16.1. The molecule has 1 heterocycles. The fraction of sp³-hybridized carbons (Fsp3) is 0.324. The SMILES string of the molecule is CCOC(=O)C1=C(C)N(Cc2cccc(C(=O)N(C)CCc3ccc(OC)c(OC)c3)c2)C(=O)CC1c1cccc(Cl)c1. The van der Waals surface area contributed by atoms with Gasteiger partial charge in [-0.3, -0.25) is 9.59 Å². The number of nitrogens with zero attached hydrogens (tertiary/aromatic N) is 2. The largest absolute Gasteiger partial charge is 0.493 e. The van der Waals surface area contributed by atoms with E-state index in [-0.39, 0.29) is 31.4 Å². The highest BCUT2D eigenvalue weighted by atomic mass is 35.5. The van der Waals surface area contributed by atoms with Gasteiger partial charge >= 0.3 is 5.97 Å². The van der Waals surface area contributed by atoms with E-state index in [9.17, 15) is 14.4 Å². The summed E-state index contributed by atoms with van der Waals surface area (Å²) >= 11 is 6.23. The maximum atomic E-state index is 13.5. The first-order chi connectivity index (χ1) is 20.7. The van der Waals surface area contributed by atoms with Crippen molar-refractivity contribution >= 4 is 29.4 Å². The van der Waals surface area contributed by atoms with Crippen molar-refractivity contribution in [3.63, 3.8) is 0 Å². The predicted molar refractivity (Wildman–Crippen MR) is 165 cm³/mol. The van der Waals surface area contributed by atoms with E-state index >= 15 is 0 Å². The molecule has 2 amide bonds. The monoisotopic (exact) mass is 604 g/mol. The van der Waals surface area contributed by atoms with Crippen molar-refractivity contribution in [2.75, 3.05) is 34.4 Å². The molecule has 43 heavy (non-hydrogen) atoms. The number of benzene rings is 3. The summed E-state index contributed by atoms with van der Waals surface area (Å²) in [5.74, 6) is 0.116. The lowest BCUT2D eigenvalue weighted by atomic mass is 9.83. The van der Waals surface area contributed by atoms with Crippen molar-refractivity contribution in [2.45, 2.75) is 39.2 Å². The van der Waals surface area contributed by atoms with Gasteiger partial charge in [0.1, 0.15) is 0 Å². The van der Waals surface area contributed by atoms with E-state index in [1.807, 2.05) is 30.3 Å². The number of allylic oxidation sites excluding steroid dienone is 1. The molecular formula is C34H37ClN2O6. The quantitative estimate of drug-likeness (QED) is 0.249. The standard InChI is InChI=1S/C34H37ClN2O6/c1-6-43-34(40)32-22(2)37(31(38)20-28(32)25-10-8-12-27(35)19-25)21-24-9-7-11-26(17-24)33(39)36(3)16-15-23-13-14-29(41-4)30(18-23)42-5/h7-14,17-19,28H,6,15-16,20-21H2,1-5H3. The van der Waals surface area contributed by atoms with Crippen LogP contribution in [0.4, 0.5) is 0 Å². The van der Waals surface area contributed by atoms with Crippen molar-refractivity contribution in [1.29, 1.82) is 0 Å². The van der Waals surface area contributed by atoms with Crippen LogP contribution in [0.15, 0.2) is 78.0 Å². The molecule has 0 N–H and O–H groups in total. The van der Waals surface area contributed by atoms with E-state index in [0.29, 0.717) is 46.3 Å². The number of carbonyl (C=O) groups is 3. The van der Waals surface area contributed by atoms with Crippen molar-refractivity contribution in [3.05, 3.63) is 105 Å². The first kappa shape index (κ1) is 31.6. The van der Waals surface area contributed by atoms with Gasteiger partial charge in [-0.2, -0.15) is 0 Å². The molecule has 0 saturated carbocycles. The minimum Gasteiger partial charge on any atom is -0.493 e. The second-order valence-electron chi connectivity index (χ2n) is 10.4. The van der Waals surface area contributed by atoms with Crippen LogP contribution in [0, 0.1) is 0 Å². The van der Waals surface area contributed by atoms with Crippen LogP contribution in [0.1, 0.15) is 53.2 Å². The molecule has 8 nitrogen and oxygen atoms in total. The van der Waals surface area contributed by atoms with Crippen molar-refractivity contribution in [3.8, 4) is 11.5 Å². The molecule has 1 aliphatic rings. The van der Waals surface area contributed by atoms with Gasteiger partial charge in [-0.15, -0.1) is 0 Å². The number of amides is 2. The van der Waals surface area contributed by atoms with Crippen LogP contribution in [0.25, 0.3) is 0 Å². The topological polar surface area (TPSA) is 85.4 Å². The summed E-state index contributed by atoms with van der Waals surface area (Å²) in [7, 11) is 4.95. The smallest absolute Gasteiger partial charge is 0.336 e. The molecule has 0 aromatic heterocycles. The lowest BCUT2D eigenvalue weighted by Gasteiger charge is -2.34. The fourth-order valence-corrected chi connectivity index (χ4v) is 5.52. The first-order valence-electron chi connectivity index (χ1n) is 14.2. The van der Waals surface area contributed by atoms with Crippen LogP contribution in [0.5, 0.6) is 11.5 Å². The molecule has 0 fully saturated rings. The van der Waals surface area contributed by atoms with E-state index in [0.717, 1.165) is 16.7 Å². The van der Waals surface area contributed by atoms with Gasteiger partial charge in [-0.25, -0.2) is 4.79 Å². The fourth-order valence-electron chi connectivity index (χ4n) is 5.33. The Labute approximate surface area is 257 Å². The minimum atomic E-state index is -0.464. The van der Waals surface area contributed by atoms with E-state index < -0.39 is 11.9 Å². The van der Waals surface area contributed by atoms with Crippen LogP contribution in [0.2, 0.25) is 5.02 Å². The molecule has 1 aliphatic heterocycles. The maximum absolute atomic E-state index is 13.5. The number of halogens is 1. The highest BCUT2D eigenvalue weighted by Gasteiger charge is 2.37. The van der Waals surface area contributed by atoms with Gasteiger partial charge in [0.05, 0.1) is 32.9 Å². The maximum Gasteiger partial charge on any atom is 0.336 e. The Kier molecular flexibility index (Phi) is 10.5. The summed E-state index contributed by atoms with van der Waals surface area (Å²) in [5, 5.41) is 0.531.